The van der Waals surface area contributed by atoms with Gasteiger partial charge in [-0.05, 0) is 42.3 Å². The lowest BCUT2D eigenvalue weighted by atomic mass is 9.98. The van der Waals surface area contributed by atoms with Crippen molar-refractivity contribution in [3.05, 3.63) is 101 Å². The van der Waals surface area contributed by atoms with Crippen molar-refractivity contribution in [2.45, 2.75) is 19.1 Å². The molecule has 4 heteroatoms. The first-order chi connectivity index (χ1) is 13.2. The highest BCUT2D eigenvalue weighted by molar-refractivity contribution is 6.02. The van der Waals surface area contributed by atoms with Crippen LogP contribution in [0.1, 0.15) is 46.2 Å². The van der Waals surface area contributed by atoms with Crippen molar-refractivity contribution in [1.29, 1.82) is 5.26 Å². The van der Waals surface area contributed by atoms with Crippen molar-refractivity contribution in [2.75, 3.05) is 5.32 Å². The molecule has 1 aliphatic rings. The van der Waals surface area contributed by atoms with Gasteiger partial charge in [0, 0.05) is 5.69 Å². The van der Waals surface area contributed by atoms with Crippen LogP contribution < -0.4 is 5.32 Å². The van der Waals surface area contributed by atoms with Crippen molar-refractivity contribution >= 4 is 11.6 Å². The molecule has 4 rings (SSSR count). The van der Waals surface area contributed by atoms with E-state index in [1.807, 2.05) is 78.6 Å². The lowest BCUT2D eigenvalue weighted by Gasteiger charge is -2.42. The molecular weight excluding hydrogens is 334 g/mol. The zero-order chi connectivity index (χ0) is 18.8. The van der Waals surface area contributed by atoms with Crippen LogP contribution in [-0.2, 0) is 0 Å². The van der Waals surface area contributed by atoms with Crippen molar-refractivity contribution in [1.82, 2.24) is 4.90 Å². The summed E-state index contributed by atoms with van der Waals surface area (Å²) < 4.78 is 0. The number of benzene rings is 3. The summed E-state index contributed by atoms with van der Waals surface area (Å²) in [6.45, 7) is 2.04. The Morgan fingerprint density at radius 2 is 1.63 bits per heavy atom. The van der Waals surface area contributed by atoms with E-state index in [4.69, 9.17) is 5.26 Å². The largest absolute Gasteiger partial charge is 0.361 e. The molecule has 27 heavy (non-hydrogen) atoms. The first kappa shape index (κ1) is 16.9. The van der Waals surface area contributed by atoms with Crippen LogP contribution in [0.25, 0.3) is 0 Å². The summed E-state index contributed by atoms with van der Waals surface area (Å²) in [4.78, 5) is 15.2. The Hall–Kier alpha value is -3.58. The smallest absolute Gasteiger partial charge is 0.258 e. The van der Waals surface area contributed by atoms with Crippen LogP contribution in [0.5, 0.6) is 0 Å². The molecule has 0 spiro atoms. The maximum absolute atomic E-state index is 13.4. The van der Waals surface area contributed by atoms with E-state index in [-0.39, 0.29) is 18.1 Å². The second-order valence-electron chi connectivity index (χ2n) is 6.63. The van der Waals surface area contributed by atoms with Crippen LogP contribution in [0, 0.1) is 11.3 Å². The predicted octanol–water partition coefficient (Wildman–Crippen LogP) is 4.89. The molecule has 0 fully saturated rings. The van der Waals surface area contributed by atoms with E-state index in [1.165, 1.54) is 0 Å². The minimum atomic E-state index is -0.310. The molecule has 1 N–H and O–H groups in total. The summed E-state index contributed by atoms with van der Waals surface area (Å²) in [5, 5.41) is 12.6. The fourth-order valence-corrected chi connectivity index (χ4v) is 3.54. The normalized spacial score (nSPS) is 16.8. The lowest BCUT2D eigenvalue weighted by Crippen LogP contribution is -2.44. The molecule has 1 aliphatic heterocycles. The Labute approximate surface area is 158 Å². The third-order valence-electron chi connectivity index (χ3n) is 5.02. The van der Waals surface area contributed by atoms with Crippen molar-refractivity contribution < 1.29 is 4.79 Å². The Morgan fingerprint density at radius 1 is 0.963 bits per heavy atom. The van der Waals surface area contributed by atoms with Gasteiger partial charge in [-0.2, -0.15) is 5.26 Å². The van der Waals surface area contributed by atoms with Crippen LogP contribution in [-0.4, -0.2) is 10.8 Å². The van der Waals surface area contributed by atoms with Gasteiger partial charge in [-0.3, -0.25) is 4.79 Å². The standard InChI is InChI=1S/C23H19N3O/c1-16(18-7-3-2-4-8-18)26-22(19-13-11-17(15-24)12-14-19)25-21-10-6-5-9-20(21)23(26)27/h2-14,16,22,25H,1H3/t16-,22+/m1/s1. The molecule has 0 radical (unpaired) electrons. The number of amides is 1. The molecule has 3 aromatic carbocycles. The summed E-state index contributed by atoms with van der Waals surface area (Å²) in [7, 11) is 0. The molecule has 0 saturated carbocycles. The Kier molecular flexibility index (Phi) is 4.35. The average Bonchev–Trinajstić information content (AvgIpc) is 2.74. The van der Waals surface area contributed by atoms with Crippen LogP contribution in [0.15, 0.2) is 78.9 Å². The zero-order valence-corrected chi connectivity index (χ0v) is 15.0. The van der Waals surface area contributed by atoms with E-state index in [0.29, 0.717) is 11.1 Å². The van der Waals surface area contributed by atoms with E-state index in [2.05, 4.69) is 11.4 Å². The number of fused-ring (bicyclic) bond motifs is 1. The highest BCUT2D eigenvalue weighted by Crippen LogP contribution is 2.38. The highest BCUT2D eigenvalue weighted by Gasteiger charge is 2.36. The average molecular weight is 353 g/mol. The minimum absolute atomic E-state index is 0.00457. The summed E-state index contributed by atoms with van der Waals surface area (Å²) in [6, 6.07) is 27.0. The highest BCUT2D eigenvalue weighted by atomic mass is 16.2. The number of para-hydroxylation sites is 1. The molecule has 2 atom stereocenters. The maximum Gasteiger partial charge on any atom is 0.258 e. The Balaban J connectivity index is 1.80. The number of hydrogen-bond donors (Lipinski definition) is 1. The lowest BCUT2D eigenvalue weighted by molar-refractivity contribution is 0.0596. The topological polar surface area (TPSA) is 56.1 Å². The van der Waals surface area contributed by atoms with Gasteiger partial charge in [-0.1, -0.05) is 54.6 Å². The number of carbonyl (C=O) groups is 1. The summed E-state index contributed by atoms with van der Waals surface area (Å²) in [6.07, 6.45) is -0.310. The van der Waals surface area contributed by atoms with Crippen molar-refractivity contribution in [3.8, 4) is 6.07 Å². The molecule has 0 aromatic heterocycles. The summed E-state index contributed by atoms with van der Waals surface area (Å²) >= 11 is 0. The molecular formula is C23H19N3O. The van der Waals surface area contributed by atoms with Crippen molar-refractivity contribution in [2.24, 2.45) is 0 Å². The van der Waals surface area contributed by atoms with Gasteiger partial charge in [0.2, 0.25) is 0 Å². The van der Waals surface area contributed by atoms with E-state index in [1.54, 1.807) is 12.1 Å². The monoisotopic (exact) mass is 353 g/mol. The molecule has 3 aromatic rings. The van der Waals surface area contributed by atoms with Gasteiger partial charge in [-0.15, -0.1) is 0 Å². The number of nitrogens with one attached hydrogen (secondary N) is 1. The molecule has 0 aliphatic carbocycles. The van der Waals surface area contributed by atoms with E-state index in [0.717, 1.165) is 16.8 Å². The summed E-state index contributed by atoms with van der Waals surface area (Å²) in [5.41, 5.74) is 4.12. The van der Waals surface area contributed by atoms with Gasteiger partial charge in [-0.25, -0.2) is 0 Å². The fourth-order valence-electron chi connectivity index (χ4n) is 3.54. The fraction of sp³-hybridized carbons (Fsp3) is 0.130. The molecule has 0 bridgehead atoms. The SMILES string of the molecule is C[C@H](c1ccccc1)N1C(=O)c2ccccc2N[C@@H]1c1ccc(C#N)cc1. The van der Waals surface area contributed by atoms with Gasteiger partial charge in [0.1, 0.15) is 6.17 Å². The third kappa shape index (κ3) is 3.04. The Bertz CT molecular complexity index is 1010. The van der Waals surface area contributed by atoms with Crippen LogP contribution in [0.4, 0.5) is 5.69 Å². The molecule has 132 valence electrons. The van der Waals surface area contributed by atoms with Gasteiger partial charge in [0.05, 0.1) is 23.2 Å². The Morgan fingerprint density at radius 3 is 2.33 bits per heavy atom. The predicted molar refractivity (Wildman–Crippen MR) is 105 cm³/mol. The van der Waals surface area contributed by atoms with E-state index in [9.17, 15) is 4.79 Å². The number of nitrogens with zero attached hydrogens (tertiary/aromatic N) is 2. The number of rotatable bonds is 3. The molecule has 0 saturated heterocycles. The quantitative estimate of drug-likeness (QED) is 0.730. The zero-order valence-electron chi connectivity index (χ0n) is 15.0. The number of hydrogen-bond acceptors (Lipinski definition) is 3. The van der Waals surface area contributed by atoms with Crippen LogP contribution in [0.3, 0.4) is 0 Å². The molecule has 4 nitrogen and oxygen atoms in total. The minimum Gasteiger partial charge on any atom is -0.361 e. The van der Waals surface area contributed by atoms with Crippen LogP contribution >= 0.6 is 0 Å². The second-order valence-corrected chi connectivity index (χ2v) is 6.63. The van der Waals surface area contributed by atoms with E-state index >= 15 is 0 Å². The van der Waals surface area contributed by atoms with Gasteiger partial charge in [0.15, 0.2) is 0 Å². The van der Waals surface area contributed by atoms with Gasteiger partial charge < -0.3 is 10.2 Å². The number of anilines is 1. The second kappa shape index (κ2) is 6.97. The maximum atomic E-state index is 13.4. The first-order valence-corrected chi connectivity index (χ1v) is 8.92. The van der Waals surface area contributed by atoms with Gasteiger partial charge >= 0.3 is 0 Å². The van der Waals surface area contributed by atoms with Crippen LogP contribution in [0.2, 0.25) is 0 Å². The number of carbonyl (C=O) groups excluding carboxylic acids is 1. The molecule has 1 heterocycles. The number of nitriles is 1. The summed E-state index contributed by atoms with van der Waals surface area (Å²) in [5.74, 6) is -0.00457. The third-order valence-corrected chi connectivity index (χ3v) is 5.02. The molecule has 0 unspecified atom stereocenters. The molecule has 1 amide bonds. The van der Waals surface area contributed by atoms with E-state index < -0.39 is 0 Å². The van der Waals surface area contributed by atoms with Gasteiger partial charge in [0.25, 0.3) is 5.91 Å². The first-order valence-electron chi connectivity index (χ1n) is 8.92. The van der Waals surface area contributed by atoms with Crippen molar-refractivity contribution in [3.63, 3.8) is 0 Å².